The molecule has 17 heavy (non-hydrogen) atoms. The molecule has 0 amide bonds. The third-order valence-electron chi connectivity index (χ3n) is 1.92. The van der Waals surface area contributed by atoms with E-state index in [2.05, 4.69) is 4.74 Å². The highest BCUT2D eigenvalue weighted by Crippen LogP contribution is 2.15. The van der Waals surface area contributed by atoms with Crippen molar-refractivity contribution in [2.45, 2.75) is 6.92 Å². The molecule has 0 fully saturated rings. The number of rotatable bonds is 5. The first-order chi connectivity index (χ1) is 8.07. The predicted octanol–water partition coefficient (Wildman–Crippen LogP) is 2.30. The molecule has 0 atom stereocenters. The highest BCUT2D eigenvalue weighted by atomic mass is 19.2. The summed E-state index contributed by atoms with van der Waals surface area (Å²) in [6.07, 6.45) is 0. The van der Waals surface area contributed by atoms with E-state index in [-0.39, 0.29) is 13.2 Å². The van der Waals surface area contributed by atoms with Crippen LogP contribution in [-0.2, 0) is 9.47 Å². The first-order valence-electron chi connectivity index (χ1n) is 4.96. The van der Waals surface area contributed by atoms with E-state index < -0.39 is 29.0 Å². The van der Waals surface area contributed by atoms with Gasteiger partial charge in [0, 0.05) is 6.61 Å². The van der Waals surface area contributed by atoms with Crippen LogP contribution in [0.15, 0.2) is 12.1 Å². The van der Waals surface area contributed by atoms with Gasteiger partial charge in [-0.15, -0.1) is 0 Å². The molecule has 1 rings (SSSR count). The van der Waals surface area contributed by atoms with Gasteiger partial charge in [-0.2, -0.15) is 0 Å². The first kappa shape index (κ1) is 13.5. The molecule has 0 aromatic heterocycles. The number of carbonyl (C=O) groups excluding carboxylic acids is 1. The highest BCUT2D eigenvalue weighted by Gasteiger charge is 2.19. The van der Waals surface area contributed by atoms with Crippen LogP contribution in [-0.4, -0.2) is 25.8 Å². The van der Waals surface area contributed by atoms with Crippen LogP contribution in [0.25, 0.3) is 0 Å². The maximum absolute atomic E-state index is 13.1. The Morgan fingerprint density at radius 2 is 1.88 bits per heavy atom. The number of halogens is 3. The van der Waals surface area contributed by atoms with Gasteiger partial charge in [-0.25, -0.2) is 18.0 Å². The lowest BCUT2D eigenvalue weighted by molar-refractivity contribution is 0.0329. The lowest BCUT2D eigenvalue weighted by Crippen LogP contribution is -2.13. The summed E-state index contributed by atoms with van der Waals surface area (Å²) in [4.78, 5) is 11.3. The Labute approximate surface area is 96.1 Å². The largest absolute Gasteiger partial charge is 0.460 e. The molecular weight excluding hydrogens is 237 g/mol. The van der Waals surface area contributed by atoms with Crippen LogP contribution in [0.5, 0.6) is 0 Å². The minimum atomic E-state index is -1.69. The fourth-order valence-electron chi connectivity index (χ4n) is 1.10. The Morgan fingerprint density at radius 3 is 2.53 bits per heavy atom. The summed E-state index contributed by atoms with van der Waals surface area (Å²) in [5.74, 6) is -5.65. The second-order valence-corrected chi connectivity index (χ2v) is 3.06. The minimum Gasteiger partial charge on any atom is -0.460 e. The average molecular weight is 248 g/mol. The molecule has 1 aromatic rings. The van der Waals surface area contributed by atoms with Gasteiger partial charge < -0.3 is 9.47 Å². The number of carbonyl (C=O) groups is 1. The van der Waals surface area contributed by atoms with E-state index in [4.69, 9.17) is 4.74 Å². The van der Waals surface area contributed by atoms with Crippen molar-refractivity contribution in [3.05, 3.63) is 35.1 Å². The zero-order chi connectivity index (χ0) is 12.8. The Bertz CT molecular complexity index is 407. The summed E-state index contributed by atoms with van der Waals surface area (Å²) >= 11 is 0. The van der Waals surface area contributed by atoms with Gasteiger partial charge in [-0.1, -0.05) is 0 Å². The third-order valence-corrected chi connectivity index (χ3v) is 1.92. The normalized spacial score (nSPS) is 10.4. The second-order valence-electron chi connectivity index (χ2n) is 3.06. The quantitative estimate of drug-likeness (QED) is 0.455. The molecule has 0 unspecified atom stereocenters. The van der Waals surface area contributed by atoms with Crippen molar-refractivity contribution in [3.8, 4) is 0 Å². The molecule has 0 aliphatic rings. The van der Waals surface area contributed by atoms with Crippen molar-refractivity contribution in [2.24, 2.45) is 0 Å². The maximum atomic E-state index is 13.1. The fourth-order valence-corrected chi connectivity index (χ4v) is 1.10. The SMILES string of the molecule is CCOCCOC(=O)c1ccc(F)c(F)c1F. The van der Waals surface area contributed by atoms with Crippen LogP contribution in [0.2, 0.25) is 0 Å². The van der Waals surface area contributed by atoms with Crippen LogP contribution in [0.4, 0.5) is 13.2 Å². The lowest BCUT2D eigenvalue weighted by atomic mass is 10.2. The zero-order valence-corrected chi connectivity index (χ0v) is 9.13. The van der Waals surface area contributed by atoms with Crippen molar-refractivity contribution in [1.82, 2.24) is 0 Å². The molecule has 94 valence electrons. The molecule has 0 aliphatic carbocycles. The van der Waals surface area contributed by atoms with Crippen LogP contribution in [0.1, 0.15) is 17.3 Å². The van der Waals surface area contributed by atoms with Crippen LogP contribution in [0.3, 0.4) is 0 Å². The Kier molecular flexibility index (Phi) is 4.96. The number of ether oxygens (including phenoxy) is 2. The summed E-state index contributed by atoms with van der Waals surface area (Å²) in [7, 11) is 0. The summed E-state index contributed by atoms with van der Waals surface area (Å²) in [5, 5.41) is 0. The average Bonchev–Trinajstić information content (AvgIpc) is 2.31. The van der Waals surface area contributed by atoms with E-state index >= 15 is 0 Å². The van der Waals surface area contributed by atoms with E-state index in [0.29, 0.717) is 12.7 Å². The Balaban J connectivity index is 2.66. The van der Waals surface area contributed by atoms with Gasteiger partial charge in [0.1, 0.15) is 6.61 Å². The third kappa shape index (κ3) is 3.45. The number of esters is 1. The number of hydrogen-bond donors (Lipinski definition) is 0. The van der Waals surface area contributed by atoms with Gasteiger partial charge in [-0.3, -0.25) is 0 Å². The summed E-state index contributed by atoms with van der Waals surface area (Å²) in [5.41, 5.74) is -0.639. The molecule has 3 nitrogen and oxygen atoms in total. The summed E-state index contributed by atoms with van der Waals surface area (Å²) in [6.45, 7) is 2.30. The summed E-state index contributed by atoms with van der Waals surface area (Å²) < 4.78 is 48.0. The van der Waals surface area contributed by atoms with Crippen LogP contribution in [0, 0.1) is 17.5 Å². The van der Waals surface area contributed by atoms with E-state index in [1.807, 2.05) is 0 Å². The molecule has 0 radical (unpaired) electrons. The van der Waals surface area contributed by atoms with Crippen molar-refractivity contribution < 1.29 is 27.4 Å². The number of hydrogen-bond acceptors (Lipinski definition) is 3. The Morgan fingerprint density at radius 1 is 1.18 bits per heavy atom. The monoisotopic (exact) mass is 248 g/mol. The standard InChI is InChI=1S/C11H11F3O3/c1-2-16-5-6-17-11(15)7-3-4-8(12)10(14)9(7)13/h3-4H,2,5-6H2,1H3. The predicted molar refractivity (Wildman–Crippen MR) is 53.1 cm³/mol. The van der Waals surface area contributed by atoms with E-state index in [9.17, 15) is 18.0 Å². The molecule has 0 bridgehead atoms. The Hall–Kier alpha value is -1.56. The topological polar surface area (TPSA) is 35.5 Å². The van der Waals surface area contributed by atoms with Gasteiger partial charge in [0.25, 0.3) is 0 Å². The van der Waals surface area contributed by atoms with E-state index in [0.717, 1.165) is 6.07 Å². The van der Waals surface area contributed by atoms with Crippen LogP contribution >= 0.6 is 0 Å². The summed E-state index contributed by atoms with van der Waals surface area (Å²) in [6, 6.07) is 1.49. The second kappa shape index (κ2) is 6.24. The van der Waals surface area contributed by atoms with Gasteiger partial charge in [0.05, 0.1) is 12.2 Å². The van der Waals surface area contributed by atoms with Gasteiger partial charge in [-0.05, 0) is 19.1 Å². The van der Waals surface area contributed by atoms with E-state index in [1.165, 1.54) is 0 Å². The molecule has 0 spiro atoms. The molecule has 0 aliphatic heterocycles. The molecule has 0 heterocycles. The maximum Gasteiger partial charge on any atom is 0.341 e. The number of benzene rings is 1. The lowest BCUT2D eigenvalue weighted by Gasteiger charge is -2.06. The molecule has 0 saturated carbocycles. The molecule has 1 aromatic carbocycles. The molecule has 0 N–H and O–H groups in total. The van der Waals surface area contributed by atoms with E-state index in [1.54, 1.807) is 6.92 Å². The molecule has 0 saturated heterocycles. The van der Waals surface area contributed by atoms with Crippen molar-refractivity contribution >= 4 is 5.97 Å². The zero-order valence-electron chi connectivity index (χ0n) is 9.13. The van der Waals surface area contributed by atoms with Gasteiger partial charge >= 0.3 is 5.97 Å². The minimum absolute atomic E-state index is 0.0783. The van der Waals surface area contributed by atoms with Crippen LogP contribution < -0.4 is 0 Å². The van der Waals surface area contributed by atoms with Crippen molar-refractivity contribution in [3.63, 3.8) is 0 Å². The van der Waals surface area contributed by atoms with Gasteiger partial charge in [0.2, 0.25) is 0 Å². The highest BCUT2D eigenvalue weighted by molar-refractivity contribution is 5.89. The smallest absolute Gasteiger partial charge is 0.341 e. The van der Waals surface area contributed by atoms with Crippen molar-refractivity contribution in [1.29, 1.82) is 0 Å². The van der Waals surface area contributed by atoms with Crippen molar-refractivity contribution in [2.75, 3.05) is 19.8 Å². The van der Waals surface area contributed by atoms with Gasteiger partial charge in [0.15, 0.2) is 17.5 Å². The molecule has 6 heteroatoms. The fraction of sp³-hybridized carbons (Fsp3) is 0.364. The first-order valence-corrected chi connectivity index (χ1v) is 4.96. The molecular formula is C11H11F3O3.